The molecule has 0 aliphatic rings. The molecule has 0 bridgehead atoms. The van der Waals surface area contributed by atoms with Gasteiger partial charge in [-0.15, -0.1) is 12.6 Å². The van der Waals surface area contributed by atoms with E-state index in [1.807, 2.05) is 12.1 Å². The van der Waals surface area contributed by atoms with Crippen LogP contribution in [0.25, 0.3) is 0 Å². The zero-order valence-electron chi connectivity index (χ0n) is 11.0. The summed E-state index contributed by atoms with van der Waals surface area (Å²) in [6.07, 6.45) is 2.15. The molecule has 0 radical (unpaired) electrons. The van der Waals surface area contributed by atoms with Crippen molar-refractivity contribution in [3.63, 3.8) is 0 Å². The van der Waals surface area contributed by atoms with Gasteiger partial charge in [-0.1, -0.05) is 26.7 Å². The monoisotopic (exact) mass is 329 g/mol. The van der Waals surface area contributed by atoms with Crippen molar-refractivity contribution in [2.45, 2.75) is 44.6 Å². The van der Waals surface area contributed by atoms with E-state index in [4.69, 9.17) is 0 Å². The zero-order valence-corrected chi connectivity index (χ0v) is 13.5. The van der Waals surface area contributed by atoms with E-state index >= 15 is 0 Å². The SMILES string of the molecule is CCC(CC)C(C)NC(=O)c1cc(S)ccc1Br. The van der Waals surface area contributed by atoms with Gasteiger partial charge >= 0.3 is 0 Å². The fourth-order valence-corrected chi connectivity index (χ4v) is 2.72. The Labute approximate surface area is 123 Å². The molecule has 0 saturated carbocycles. The summed E-state index contributed by atoms with van der Waals surface area (Å²) in [7, 11) is 0. The van der Waals surface area contributed by atoms with Crippen LogP contribution in [0, 0.1) is 5.92 Å². The first-order valence-electron chi connectivity index (χ1n) is 6.28. The van der Waals surface area contributed by atoms with E-state index in [2.05, 4.69) is 54.6 Å². The molecule has 1 N–H and O–H groups in total. The van der Waals surface area contributed by atoms with Crippen LogP contribution in [0.4, 0.5) is 0 Å². The Morgan fingerprint density at radius 2 is 2.00 bits per heavy atom. The maximum Gasteiger partial charge on any atom is 0.252 e. The smallest absolute Gasteiger partial charge is 0.252 e. The molecular formula is C14H20BrNOS. The minimum absolute atomic E-state index is 0.0443. The number of carbonyl (C=O) groups excluding carboxylic acids is 1. The van der Waals surface area contributed by atoms with E-state index in [9.17, 15) is 4.79 Å². The second-order valence-electron chi connectivity index (χ2n) is 4.50. The molecule has 0 fully saturated rings. The average molecular weight is 330 g/mol. The molecule has 1 amide bonds. The van der Waals surface area contributed by atoms with Crippen molar-refractivity contribution in [1.29, 1.82) is 0 Å². The van der Waals surface area contributed by atoms with Crippen LogP contribution in [0.5, 0.6) is 0 Å². The molecule has 0 saturated heterocycles. The van der Waals surface area contributed by atoms with Gasteiger partial charge in [-0.2, -0.15) is 0 Å². The Morgan fingerprint density at radius 3 is 2.56 bits per heavy atom. The van der Waals surface area contributed by atoms with Gasteiger partial charge in [0.2, 0.25) is 0 Å². The van der Waals surface area contributed by atoms with Crippen LogP contribution < -0.4 is 5.32 Å². The van der Waals surface area contributed by atoms with Crippen LogP contribution in [0.2, 0.25) is 0 Å². The fraction of sp³-hybridized carbons (Fsp3) is 0.500. The average Bonchev–Trinajstić information content (AvgIpc) is 2.33. The standard InChI is InChI=1S/C14H20BrNOS/c1-4-10(5-2)9(3)16-14(17)12-8-11(18)6-7-13(12)15/h6-10,18H,4-5H2,1-3H3,(H,16,17). The van der Waals surface area contributed by atoms with Crippen molar-refractivity contribution in [2.24, 2.45) is 5.92 Å². The molecule has 4 heteroatoms. The van der Waals surface area contributed by atoms with E-state index in [1.54, 1.807) is 6.07 Å². The third-order valence-electron chi connectivity index (χ3n) is 3.31. The number of amides is 1. The maximum absolute atomic E-state index is 12.2. The van der Waals surface area contributed by atoms with Crippen molar-refractivity contribution >= 4 is 34.5 Å². The van der Waals surface area contributed by atoms with Gasteiger partial charge in [0.1, 0.15) is 0 Å². The van der Waals surface area contributed by atoms with Crippen molar-refractivity contribution in [1.82, 2.24) is 5.32 Å². The molecule has 1 atom stereocenters. The van der Waals surface area contributed by atoms with Gasteiger partial charge in [-0.05, 0) is 47.0 Å². The van der Waals surface area contributed by atoms with E-state index < -0.39 is 0 Å². The number of thiol groups is 1. The minimum Gasteiger partial charge on any atom is -0.349 e. The Balaban J connectivity index is 2.79. The highest BCUT2D eigenvalue weighted by Gasteiger charge is 2.18. The summed E-state index contributed by atoms with van der Waals surface area (Å²) in [5.74, 6) is 0.476. The van der Waals surface area contributed by atoms with Crippen molar-refractivity contribution < 1.29 is 4.79 Å². The molecule has 18 heavy (non-hydrogen) atoms. The molecule has 1 unspecified atom stereocenters. The van der Waals surface area contributed by atoms with E-state index in [1.165, 1.54) is 0 Å². The van der Waals surface area contributed by atoms with Crippen LogP contribution in [0.3, 0.4) is 0 Å². The number of hydrogen-bond acceptors (Lipinski definition) is 2. The van der Waals surface area contributed by atoms with Crippen molar-refractivity contribution in [3.8, 4) is 0 Å². The molecular weight excluding hydrogens is 310 g/mol. The van der Waals surface area contributed by atoms with E-state index in [0.29, 0.717) is 11.5 Å². The van der Waals surface area contributed by atoms with Gasteiger partial charge in [-0.25, -0.2) is 0 Å². The summed E-state index contributed by atoms with van der Waals surface area (Å²) >= 11 is 7.66. The van der Waals surface area contributed by atoms with Crippen LogP contribution >= 0.6 is 28.6 Å². The van der Waals surface area contributed by atoms with Gasteiger partial charge in [0.25, 0.3) is 5.91 Å². The molecule has 0 heterocycles. The van der Waals surface area contributed by atoms with Crippen LogP contribution in [0.15, 0.2) is 27.6 Å². The Hall–Kier alpha value is -0.480. The number of halogens is 1. The lowest BCUT2D eigenvalue weighted by atomic mass is 9.95. The highest BCUT2D eigenvalue weighted by atomic mass is 79.9. The Morgan fingerprint density at radius 1 is 1.39 bits per heavy atom. The summed E-state index contributed by atoms with van der Waals surface area (Å²) in [5.41, 5.74) is 0.639. The van der Waals surface area contributed by atoms with Gasteiger partial charge in [0.15, 0.2) is 0 Å². The van der Waals surface area contributed by atoms with E-state index in [0.717, 1.165) is 22.2 Å². The second-order valence-corrected chi connectivity index (χ2v) is 5.87. The van der Waals surface area contributed by atoms with E-state index in [-0.39, 0.29) is 11.9 Å². The lowest BCUT2D eigenvalue weighted by Crippen LogP contribution is -2.37. The number of nitrogens with one attached hydrogen (secondary N) is 1. The third-order valence-corrected chi connectivity index (χ3v) is 4.28. The van der Waals surface area contributed by atoms with Gasteiger partial charge in [0, 0.05) is 15.4 Å². The minimum atomic E-state index is -0.0443. The molecule has 0 aromatic heterocycles. The second kappa shape index (κ2) is 7.19. The lowest BCUT2D eigenvalue weighted by molar-refractivity contribution is 0.0924. The molecule has 0 aliphatic carbocycles. The highest BCUT2D eigenvalue weighted by molar-refractivity contribution is 9.10. The van der Waals surface area contributed by atoms with Crippen LogP contribution in [-0.2, 0) is 0 Å². The molecule has 100 valence electrons. The van der Waals surface area contributed by atoms with Crippen molar-refractivity contribution in [3.05, 3.63) is 28.2 Å². The fourth-order valence-electron chi connectivity index (χ4n) is 2.09. The normalized spacial score (nSPS) is 12.6. The molecule has 1 aromatic rings. The molecule has 0 aliphatic heterocycles. The number of benzene rings is 1. The quantitative estimate of drug-likeness (QED) is 0.775. The Kier molecular flexibility index (Phi) is 6.22. The van der Waals surface area contributed by atoms with Crippen LogP contribution in [0.1, 0.15) is 44.0 Å². The summed E-state index contributed by atoms with van der Waals surface area (Å²) in [5, 5.41) is 3.06. The zero-order chi connectivity index (χ0) is 13.7. The maximum atomic E-state index is 12.2. The molecule has 2 nitrogen and oxygen atoms in total. The Bertz CT molecular complexity index is 418. The van der Waals surface area contributed by atoms with Crippen LogP contribution in [-0.4, -0.2) is 11.9 Å². The predicted molar refractivity (Wildman–Crippen MR) is 82.4 cm³/mol. The number of hydrogen-bond donors (Lipinski definition) is 2. The first-order chi connectivity index (χ1) is 8.49. The van der Waals surface area contributed by atoms with Gasteiger partial charge in [0.05, 0.1) is 5.56 Å². The molecule has 1 rings (SSSR count). The first kappa shape index (κ1) is 15.6. The van der Waals surface area contributed by atoms with Gasteiger partial charge in [-0.3, -0.25) is 4.79 Å². The number of carbonyl (C=O) groups is 1. The largest absolute Gasteiger partial charge is 0.349 e. The predicted octanol–water partition coefficient (Wildman–Crippen LogP) is 4.29. The summed E-state index contributed by atoms with van der Waals surface area (Å²) in [6, 6.07) is 5.66. The highest BCUT2D eigenvalue weighted by Crippen LogP contribution is 2.21. The topological polar surface area (TPSA) is 29.1 Å². The number of rotatable bonds is 5. The molecule has 1 aromatic carbocycles. The summed E-state index contributed by atoms with van der Waals surface area (Å²) in [6.45, 7) is 6.37. The summed E-state index contributed by atoms with van der Waals surface area (Å²) in [4.78, 5) is 13.0. The third kappa shape index (κ3) is 4.02. The first-order valence-corrected chi connectivity index (χ1v) is 7.53. The van der Waals surface area contributed by atoms with Gasteiger partial charge < -0.3 is 5.32 Å². The van der Waals surface area contributed by atoms with Crippen molar-refractivity contribution in [2.75, 3.05) is 0 Å². The molecule has 0 spiro atoms. The summed E-state index contributed by atoms with van der Waals surface area (Å²) < 4.78 is 0.801. The lowest BCUT2D eigenvalue weighted by Gasteiger charge is -2.22.